The van der Waals surface area contributed by atoms with Crippen LogP contribution in [0.4, 0.5) is 0 Å². The third-order valence-electron chi connectivity index (χ3n) is 4.51. The lowest BCUT2D eigenvalue weighted by atomic mass is 10.2. The molecule has 1 aromatic heterocycles. The van der Waals surface area contributed by atoms with Gasteiger partial charge < -0.3 is 9.30 Å². The zero-order valence-corrected chi connectivity index (χ0v) is 20.1. The Kier molecular flexibility index (Phi) is 7.54. The van der Waals surface area contributed by atoms with E-state index in [2.05, 4.69) is 36.7 Å². The van der Waals surface area contributed by atoms with Crippen LogP contribution in [0.25, 0.3) is 11.4 Å². The third-order valence-corrected chi connectivity index (χ3v) is 6.06. The second-order valence-electron chi connectivity index (χ2n) is 6.94. The predicted octanol–water partition coefficient (Wildman–Crippen LogP) is 5.28. The van der Waals surface area contributed by atoms with Gasteiger partial charge in [0, 0.05) is 17.1 Å². The van der Waals surface area contributed by atoms with E-state index in [1.54, 1.807) is 6.21 Å². The van der Waals surface area contributed by atoms with Gasteiger partial charge in [0.2, 0.25) is 0 Å². The Balaban J connectivity index is 1.29. The largest absolute Gasteiger partial charge is 0.457 e. The van der Waals surface area contributed by atoms with Crippen molar-refractivity contribution >= 4 is 39.8 Å². The van der Waals surface area contributed by atoms with Crippen molar-refractivity contribution in [3.63, 3.8) is 0 Å². The van der Waals surface area contributed by atoms with E-state index in [9.17, 15) is 4.79 Å². The number of halogens is 1. The molecular weight excluding hydrogens is 502 g/mol. The molecule has 0 bridgehead atoms. The molecule has 4 rings (SSSR count). The van der Waals surface area contributed by atoms with Crippen molar-refractivity contribution in [1.82, 2.24) is 20.2 Å². The fraction of sp³-hybridized carbons (Fsp3) is 0.0833. The number of benzene rings is 3. The van der Waals surface area contributed by atoms with E-state index in [-0.39, 0.29) is 11.7 Å². The number of hydrogen-bond acceptors (Lipinski definition) is 6. The van der Waals surface area contributed by atoms with E-state index in [0.717, 1.165) is 27.2 Å². The van der Waals surface area contributed by atoms with Crippen molar-refractivity contribution < 1.29 is 9.53 Å². The fourth-order valence-electron chi connectivity index (χ4n) is 2.92. The summed E-state index contributed by atoms with van der Waals surface area (Å²) in [6.45, 7) is 0. The van der Waals surface area contributed by atoms with Gasteiger partial charge in [0.05, 0.1) is 12.0 Å². The summed E-state index contributed by atoms with van der Waals surface area (Å²) in [5.74, 6) is 2.11. The summed E-state index contributed by atoms with van der Waals surface area (Å²) in [6.07, 6.45) is 1.58. The minimum atomic E-state index is -0.235. The number of thioether (sulfide) groups is 1. The Bertz CT molecular complexity index is 1260. The smallest absolute Gasteiger partial charge is 0.250 e. The maximum absolute atomic E-state index is 12.2. The summed E-state index contributed by atoms with van der Waals surface area (Å²) in [5.41, 5.74) is 4.30. The maximum atomic E-state index is 12.2. The number of rotatable bonds is 8. The first-order valence-corrected chi connectivity index (χ1v) is 11.8. The topological polar surface area (TPSA) is 81.4 Å². The Morgan fingerprint density at radius 1 is 1.06 bits per heavy atom. The summed E-state index contributed by atoms with van der Waals surface area (Å²) >= 11 is 4.72. The van der Waals surface area contributed by atoms with Gasteiger partial charge in [-0.3, -0.25) is 4.79 Å². The predicted molar refractivity (Wildman–Crippen MR) is 134 cm³/mol. The Hall–Kier alpha value is -3.43. The van der Waals surface area contributed by atoms with E-state index in [1.165, 1.54) is 11.8 Å². The summed E-state index contributed by atoms with van der Waals surface area (Å²) in [4.78, 5) is 12.2. The molecule has 0 atom stereocenters. The molecule has 33 heavy (non-hydrogen) atoms. The van der Waals surface area contributed by atoms with Gasteiger partial charge in [-0.1, -0.05) is 70.2 Å². The van der Waals surface area contributed by atoms with Gasteiger partial charge in [0.1, 0.15) is 11.5 Å². The average molecular weight is 522 g/mol. The molecule has 1 amide bonds. The van der Waals surface area contributed by atoms with Crippen LogP contribution in [-0.2, 0) is 11.8 Å². The minimum Gasteiger partial charge on any atom is -0.457 e. The molecule has 0 aliphatic heterocycles. The molecule has 0 saturated carbocycles. The molecule has 3 aromatic carbocycles. The molecule has 4 aromatic rings. The van der Waals surface area contributed by atoms with Crippen LogP contribution in [0.15, 0.2) is 93.6 Å². The first-order valence-electron chi connectivity index (χ1n) is 10.0. The lowest BCUT2D eigenvalue weighted by Gasteiger charge is -2.06. The summed E-state index contributed by atoms with van der Waals surface area (Å²) in [6, 6.07) is 24.8. The maximum Gasteiger partial charge on any atom is 0.250 e. The fourth-order valence-corrected chi connectivity index (χ4v) is 3.88. The van der Waals surface area contributed by atoms with Gasteiger partial charge in [0.15, 0.2) is 11.0 Å². The van der Waals surface area contributed by atoms with E-state index in [4.69, 9.17) is 4.74 Å². The molecule has 0 radical (unpaired) electrons. The quantitative estimate of drug-likeness (QED) is 0.194. The number of hydrazone groups is 1. The monoisotopic (exact) mass is 521 g/mol. The molecule has 0 aliphatic rings. The molecule has 0 spiro atoms. The van der Waals surface area contributed by atoms with Crippen molar-refractivity contribution in [2.45, 2.75) is 5.16 Å². The van der Waals surface area contributed by atoms with Crippen LogP contribution in [0.2, 0.25) is 0 Å². The van der Waals surface area contributed by atoms with Crippen molar-refractivity contribution in [3.8, 4) is 22.9 Å². The highest BCUT2D eigenvalue weighted by atomic mass is 79.9. The number of carbonyl (C=O) groups is 1. The summed E-state index contributed by atoms with van der Waals surface area (Å²) < 4.78 is 8.67. The summed E-state index contributed by atoms with van der Waals surface area (Å²) in [5, 5.41) is 13.1. The molecule has 0 fully saturated rings. The first kappa shape index (κ1) is 22.8. The third kappa shape index (κ3) is 6.30. The number of carbonyl (C=O) groups excluding carboxylic acids is 1. The zero-order chi connectivity index (χ0) is 23.0. The lowest BCUT2D eigenvalue weighted by molar-refractivity contribution is -0.118. The average Bonchev–Trinajstić information content (AvgIpc) is 3.19. The molecule has 1 N–H and O–H groups in total. The highest BCUT2D eigenvalue weighted by molar-refractivity contribution is 9.10. The highest BCUT2D eigenvalue weighted by Gasteiger charge is 2.12. The van der Waals surface area contributed by atoms with E-state index in [0.29, 0.717) is 10.9 Å². The number of ether oxygens (including phenoxy) is 1. The molecule has 0 unspecified atom stereocenters. The zero-order valence-electron chi connectivity index (χ0n) is 17.7. The molecule has 1 heterocycles. The van der Waals surface area contributed by atoms with Crippen LogP contribution in [0, 0.1) is 0 Å². The van der Waals surface area contributed by atoms with E-state index >= 15 is 0 Å². The minimum absolute atomic E-state index is 0.167. The number of hydrogen-bond donors (Lipinski definition) is 1. The van der Waals surface area contributed by atoms with Crippen LogP contribution < -0.4 is 10.2 Å². The molecule has 0 aliphatic carbocycles. The van der Waals surface area contributed by atoms with Crippen molar-refractivity contribution in [2.75, 3.05) is 5.75 Å². The summed E-state index contributed by atoms with van der Waals surface area (Å²) in [7, 11) is 1.88. The molecular formula is C24H20BrN5O2S. The van der Waals surface area contributed by atoms with Gasteiger partial charge in [-0.25, -0.2) is 5.43 Å². The normalized spacial score (nSPS) is 11.0. The molecule has 166 valence electrons. The van der Waals surface area contributed by atoms with Crippen LogP contribution in [0.1, 0.15) is 5.56 Å². The van der Waals surface area contributed by atoms with Gasteiger partial charge in [0.25, 0.3) is 5.91 Å². The number of nitrogens with one attached hydrogen (secondary N) is 1. The molecule has 0 saturated heterocycles. The van der Waals surface area contributed by atoms with Gasteiger partial charge in [-0.05, 0) is 42.0 Å². The number of nitrogens with zero attached hydrogens (tertiary/aromatic N) is 4. The van der Waals surface area contributed by atoms with Gasteiger partial charge in [-0.15, -0.1) is 10.2 Å². The van der Waals surface area contributed by atoms with Crippen LogP contribution in [0.5, 0.6) is 11.5 Å². The number of para-hydroxylation sites is 1. The second-order valence-corrected chi connectivity index (χ2v) is 8.80. The van der Waals surface area contributed by atoms with Crippen LogP contribution >= 0.6 is 27.7 Å². The Morgan fingerprint density at radius 3 is 2.61 bits per heavy atom. The van der Waals surface area contributed by atoms with Crippen molar-refractivity contribution in [2.24, 2.45) is 12.1 Å². The molecule has 7 nitrogen and oxygen atoms in total. The molecule has 9 heteroatoms. The van der Waals surface area contributed by atoms with Gasteiger partial charge in [-0.2, -0.15) is 5.10 Å². The Labute approximate surface area is 204 Å². The van der Waals surface area contributed by atoms with Crippen molar-refractivity contribution in [3.05, 3.63) is 88.9 Å². The van der Waals surface area contributed by atoms with E-state index in [1.807, 2.05) is 90.5 Å². The number of aromatic nitrogens is 3. The van der Waals surface area contributed by atoms with E-state index < -0.39 is 0 Å². The van der Waals surface area contributed by atoms with Crippen LogP contribution in [0.3, 0.4) is 0 Å². The highest BCUT2D eigenvalue weighted by Crippen LogP contribution is 2.24. The lowest BCUT2D eigenvalue weighted by Crippen LogP contribution is -2.19. The van der Waals surface area contributed by atoms with Crippen LogP contribution in [-0.4, -0.2) is 32.6 Å². The van der Waals surface area contributed by atoms with Gasteiger partial charge >= 0.3 is 0 Å². The SMILES string of the molecule is Cn1c(SCC(=O)N/N=C/c2cccc(Oc3ccccc3)c2)nnc1-c1ccc(Br)cc1. The number of amides is 1. The first-order chi connectivity index (χ1) is 16.1. The second kappa shape index (κ2) is 10.9. The van der Waals surface area contributed by atoms with Crippen molar-refractivity contribution in [1.29, 1.82) is 0 Å². The Morgan fingerprint density at radius 2 is 1.82 bits per heavy atom. The standard InChI is InChI=1S/C24H20BrN5O2S/c1-30-23(18-10-12-19(25)13-11-18)28-29-24(30)33-16-22(31)27-26-15-17-6-5-9-21(14-17)32-20-7-3-2-4-8-20/h2-15H,16H2,1H3,(H,27,31)/b26-15+.